The van der Waals surface area contributed by atoms with Crippen molar-refractivity contribution in [2.24, 2.45) is 0 Å². The van der Waals surface area contributed by atoms with E-state index in [2.05, 4.69) is 34.9 Å². The molecular formula is C21H26N2OS. The third-order valence-corrected chi connectivity index (χ3v) is 4.73. The summed E-state index contributed by atoms with van der Waals surface area (Å²) in [6, 6.07) is 18.6. The maximum Gasteiger partial charge on any atom is 0.170 e. The maximum atomic E-state index is 5.98. The molecule has 2 aromatic rings. The van der Waals surface area contributed by atoms with Crippen LogP contribution >= 0.6 is 12.2 Å². The number of ether oxygens (including phenoxy) is 1. The highest BCUT2D eigenvalue weighted by atomic mass is 32.1. The Hall–Kier alpha value is -2.07. The van der Waals surface area contributed by atoms with Gasteiger partial charge in [0.25, 0.3) is 0 Å². The highest BCUT2D eigenvalue weighted by molar-refractivity contribution is 7.80. The number of rotatable bonds is 7. The lowest BCUT2D eigenvalue weighted by molar-refractivity contribution is 0.210. The topological polar surface area (TPSA) is 33.3 Å². The molecule has 0 aliphatic heterocycles. The Kier molecular flexibility index (Phi) is 6.69. The molecule has 0 amide bonds. The molecule has 0 unspecified atom stereocenters. The van der Waals surface area contributed by atoms with Crippen molar-refractivity contribution in [3.8, 4) is 5.75 Å². The van der Waals surface area contributed by atoms with Crippen LogP contribution in [0.3, 0.4) is 0 Å². The summed E-state index contributed by atoms with van der Waals surface area (Å²) >= 11 is 5.36. The first kappa shape index (κ1) is 17.7. The predicted octanol–water partition coefficient (Wildman–Crippen LogP) is 4.93. The minimum Gasteiger partial charge on any atom is -0.490 e. The fourth-order valence-corrected chi connectivity index (χ4v) is 3.35. The van der Waals surface area contributed by atoms with Crippen molar-refractivity contribution in [1.82, 2.24) is 5.32 Å². The number of hydrogen-bond donors (Lipinski definition) is 2. The van der Waals surface area contributed by atoms with E-state index in [0.29, 0.717) is 11.2 Å². The third-order valence-electron chi connectivity index (χ3n) is 4.49. The number of anilines is 1. The van der Waals surface area contributed by atoms with E-state index in [0.717, 1.165) is 30.8 Å². The van der Waals surface area contributed by atoms with Crippen LogP contribution in [0.25, 0.3) is 0 Å². The second-order valence-electron chi connectivity index (χ2n) is 6.52. The van der Waals surface area contributed by atoms with Crippen LogP contribution in [-0.4, -0.2) is 17.8 Å². The summed E-state index contributed by atoms with van der Waals surface area (Å²) in [4.78, 5) is 0. The first-order chi connectivity index (χ1) is 12.3. The smallest absolute Gasteiger partial charge is 0.170 e. The van der Waals surface area contributed by atoms with Crippen LogP contribution in [0.1, 0.15) is 37.7 Å². The number of thiocarbonyl (C=S) groups is 1. The van der Waals surface area contributed by atoms with E-state index < -0.39 is 0 Å². The summed E-state index contributed by atoms with van der Waals surface area (Å²) in [7, 11) is 0. The zero-order valence-corrected chi connectivity index (χ0v) is 15.4. The van der Waals surface area contributed by atoms with Gasteiger partial charge in [-0.05, 0) is 80.6 Å². The molecule has 0 saturated heterocycles. The lowest BCUT2D eigenvalue weighted by atomic mass is 10.1. The van der Waals surface area contributed by atoms with Gasteiger partial charge >= 0.3 is 0 Å². The van der Waals surface area contributed by atoms with Crippen LogP contribution in [0.4, 0.5) is 5.69 Å². The van der Waals surface area contributed by atoms with Crippen LogP contribution in [0.15, 0.2) is 54.6 Å². The molecule has 0 aromatic heterocycles. The lowest BCUT2D eigenvalue weighted by Crippen LogP contribution is -2.29. The van der Waals surface area contributed by atoms with Crippen molar-refractivity contribution >= 4 is 23.0 Å². The van der Waals surface area contributed by atoms with Crippen LogP contribution in [0, 0.1) is 0 Å². The molecule has 3 rings (SSSR count). The summed E-state index contributed by atoms with van der Waals surface area (Å²) < 4.78 is 5.98. The van der Waals surface area contributed by atoms with E-state index in [4.69, 9.17) is 17.0 Å². The molecule has 0 heterocycles. The van der Waals surface area contributed by atoms with Crippen LogP contribution in [-0.2, 0) is 6.42 Å². The summed E-state index contributed by atoms with van der Waals surface area (Å²) in [6.07, 6.45) is 7.44. The predicted molar refractivity (Wildman–Crippen MR) is 108 cm³/mol. The van der Waals surface area contributed by atoms with Gasteiger partial charge in [-0.25, -0.2) is 0 Å². The summed E-state index contributed by atoms with van der Waals surface area (Å²) in [6.45, 7) is 0.865. The number of hydrogen-bond acceptors (Lipinski definition) is 2. The highest BCUT2D eigenvalue weighted by Gasteiger charge is 2.16. The van der Waals surface area contributed by atoms with Crippen molar-refractivity contribution in [2.75, 3.05) is 11.9 Å². The largest absolute Gasteiger partial charge is 0.490 e. The number of aryl methyl sites for hydroxylation is 1. The zero-order valence-electron chi connectivity index (χ0n) is 14.5. The molecule has 1 aliphatic rings. The molecule has 4 heteroatoms. The molecule has 3 nitrogen and oxygen atoms in total. The molecule has 2 N–H and O–H groups in total. The van der Waals surface area contributed by atoms with Gasteiger partial charge in [0.15, 0.2) is 5.11 Å². The van der Waals surface area contributed by atoms with Gasteiger partial charge in [0.1, 0.15) is 5.75 Å². The molecule has 132 valence electrons. The standard InChI is InChI=1S/C21H26N2OS/c25-21(22-16-6-9-17-7-2-1-3-8-17)23-18-12-14-20(15-13-18)24-19-10-4-5-11-19/h1-3,7-8,12-15,19H,4-6,9-11,16H2,(H2,22,23,25). The van der Waals surface area contributed by atoms with Crippen molar-refractivity contribution < 1.29 is 4.74 Å². The molecule has 0 radical (unpaired) electrons. The minimum absolute atomic E-state index is 0.395. The number of nitrogens with one attached hydrogen (secondary N) is 2. The van der Waals surface area contributed by atoms with Crippen molar-refractivity contribution in [1.29, 1.82) is 0 Å². The van der Waals surface area contributed by atoms with E-state index in [-0.39, 0.29) is 0 Å². The molecule has 25 heavy (non-hydrogen) atoms. The molecular weight excluding hydrogens is 328 g/mol. The Morgan fingerprint density at radius 3 is 2.44 bits per heavy atom. The summed E-state index contributed by atoms with van der Waals surface area (Å²) in [5.74, 6) is 0.944. The Morgan fingerprint density at radius 2 is 1.72 bits per heavy atom. The maximum absolute atomic E-state index is 5.98. The second kappa shape index (κ2) is 9.42. The number of benzene rings is 2. The molecule has 1 fully saturated rings. The van der Waals surface area contributed by atoms with Crippen molar-refractivity contribution in [2.45, 2.75) is 44.6 Å². The van der Waals surface area contributed by atoms with Crippen molar-refractivity contribution in [3.63, 3.8) is 0 Å². The normalized spacial score (nSPS) is 14.2. The van der Waals surface area contributed by atoms with E-state index in [1.165, 1.54) is 31.2 Å². The molecule has 0 atom stereocenters. The van der Waals surface area contributed by atoms with Gasteiger partial charge in [0, 0.05) is 12.2 Å². The van der Waals surface area contributed by atoms with Crippen LogP contribution < -0.4 is 15.4 Å². The average Bonchev–Trinajstić information content (AvgIpc) is 3.14. The van der Waals surface area contributed by atoms with Gasteiger partial charge in [-0.3, -0.25) is 0 Å². The van der Waals surface area contributed by atoms with E-state index in [1.54, 1.807) is 0 Å². The second-order valence-corrected chi connectivity index (χ2v) is 6.93. The molecule has 2 aromatic carbocycles. The van der Waals surface area contributed by atoms with Crippen LogP contribution in [0.5, 0.6) is 5.75 Å². The zero-order chi connectivity index (χ0) is 17.3. The van der Waals surface area contributed by atoms with Gasteiger partial charge in [0.2, 0.25) is 0 Å². The first-order valence-corrected chi connectivity index (χ1v) is 9.56. The van der Waals surface area contributed by atoms with Crippen LogP contribution in [0.2, 0.25) is 0 Å². The van der Waals surface area contributed by atoms with Gasteiger partial charge < -0.3 is 15.4 Å². The monoisotopic (exact) mass is 354 g/mol. The molecule has 0 spiro atoms. The van der Waals surface area contributed by atoms with E-state index in [1.807, 2.05) is 30.3 Å². The van der Waals surface area contributed by atoms with Gasteiger partial charge in [0.05, 0.1) is 6.10 Å². The molecule has 1 aliphatic carbocycles. The Labute approximate surface area is 155 Å². The average molecular weight is 355 g/mol. The lowest BCUT2D eigenvalue weighted by Gasteiger charge is -2.14. The van der Waals surface area contributed by atoms with Crippen molar-refractivity contribution in [3.05, 3.63) is 60.2 Å². The van der Waals surface area contributed by atoms with Gasteiger partial charge in [-0.15, -0.1) is 0 Å². The fourth-order valence-electron chi connectivity index (χ4n) is 3.13. The summed E-state index contributed by atoms with van der Waals surface area (Å²) in [5, 5.41) is 7.15. The Morgan fingerprint density at radius 1 is 1.00 bits per heavy atom. The minimum atomic E-state index is 0.395. The van der Waals surface area contributed by atoms with E-state index >= 15 is 0 Å². The quantitative estimate of drug-likeness (QED) is 0.546. The summed E-state index contributed by atoms with van der Waals surface area (Å²) in [5.41, 5.74) is 2.35. The molecule has 0 bridgehead atoms. The molecule has 1 saturated carbocycles. The fraction of sp³-hybridized carbons (Fsp3) is 0.381. The SMILES string of the molecule is S=C(NCCCc1ccccc1)Nc1ccc(OC2CCCC2)cc1. The van der Waals surface area contributed by atoms with Gasteiger partial charge in [-0.2, -0.15) is 0 Å². The Balaban J connectivity index is 1.35. The van der Waals surface area contributed by atoms with E-state index in [9.17, 15) is 0 Å². The third kappa shape index (κ3) is 6.05. The first-order valence-electron chi connectivity index (χ1n) is 9.15. The Bertz CT molecular complexity index is 651. The highest BCUT2D eigenvalue weighted by Crippen LogP contribution is 2.24. The van der Waals surface area contributed by atoms with Gasteiger partial charge in [-0.1, -0.05) is 30.3 Å².